The van der Waals surface area contributed by atoms with Crippen molar-refractivity contribution in [2.24, 2.45) is 0 Å². The zero-order valence-corrected chi connectivity index (χ0v) is 19.8. The van der Waals surface area contributed by atoms with Crippen LogP contribution >= 0.6 is 11.6 Å². The van der Waals surface area contributed by atoms with E-state index in [4.69, 9.17) is 11.6 Å². The normalized spacial score (nSPS) is 17.5. The van der Waals surface area contributed by atoms with E-state index >= 15 is 0 Å². The van der Waals surface area contributed by atoms with Gasteiger partial charge in [0.1, 0.15) is 23.5 Å². The maximum atomic E-state index is 14.9. The van der Waals surface area contributed by atoms with Gasteiger partial charge in [-0.2, -0.15) is 5.10 Å². The summed E-state index contributed by atoms with van der Waals surface area (Å²) in [5.74, 6) is 4.69. The number of pyridine rings is 1. The largest absolute Gasteiger partial charge is 0.340 e. The molecule has 2 atom stereocenters. The van der Waals surface area contributed by atoms with Gasteiger partial charge in [-0.05, 0) is 37.1 Å². The molecule has 0 radical (unpaired) electrons. The van der Waals surface area contributed by atoms with Gasteiger partial charge in [0, 0.05) is 25.2 Å². The highest BCUT2D eigenvalue weighted by molar-refractivity contribution is 6.34. The number of anilines is 1. The molecule has 3 aromatic rings. The smallest absolute Gasteiger partial charge is 0.276 e. The number of nitrogens with zero attached hydrogens (tertiary/aromatic N) is 4. The lowest BCUT2D eigenvalue weighted by atomic mass is 10.0. The van der Waals surface area contributed by atoms with E-state index < -0.39 is 23.9 Å². The van der Waals surface area contributed by atoms with Crippen molar-refractivity contribution in [1.82, 2.24) is 19.7 Å². The molecule has 1 aromatic carbocycles. The number of amides is 2. The van der Waals surface area contributed by atoms with E-state index in [1.807, 2.05) is 0 Å². The van der Waals surface area contributed by atoms with Crippen molar-refractivity contribution in [2.75, 3.05) is 18.4 Å². The first-order valence-corrected chi connectivity index (χ1v) is 11.3. The van der Waals surface area contributed by atoms with E-state index in [0.717, 1.165) is 0 Å². The van der Waals surface area contributed by atoms with Crippen LogP contribution in [0.3, 0.4) is 0 Å². The van der Waals surface area contributed by atoms with Gasteiger partial charge in [0.05, 0.1) is 29.4 Å². The Bertz CT molecular complexity index is 1350. The molecule has 2 amide bonds. The first kappa shape index (κ1) is 24.4. The van der Waals surface area contributed by atoms with Crippen molar-refractivity contribution in [3.05, 3.63) is 75.9 Å². The Morgan fingerprint density at radius 1 is 1.23 bits per heavy atom. The molecule has 3 heterocycles. The number of nitrogens with one attached hydrogen (secondary N) is 1. The Morgan fingerprint density at radius 2 is 2.00 bits per heavy atom. The van der Waals surface area contributed by atoms with Gasteiger partial charge in [0.2, 0.25) is 5.91 Å². The van der Waals surface area contributed by atoms with Crippen molar-refractivity contribution in [1.29, 1.82) is 0 Å². The molecule has 1 aliphatic heterocycles. The number of likely N-dealkylation sites (tertiary alicyclic amines) is 1. The van der Waals surface area contributed by atoms with E-state index in [0.29, 0.717) is 24.1 Å². The monoisotopic (exact) mass is 497 g/mol. The molecule has 2 aromatic heterocycles. The summed E-state index contributed by atoms with van der Waals surface area (Å²) in [5, 5.41) is 6.90. The summed E-state index contributed by atoms with van der Waals surface area (Å²) < 4.78 is 29.9. The Hall–Kier alpha value is -3.77. The lowest BCUT2D eigenvalue weighted by Crippen LogP contribution is -2.45. The van der Waals surface area contributed by atoms with Crippen LogP contribution < -0.4 is 5.32 Å². The van der Waals surface area contributed by atoms with Crippen molar-refractivity contribution < 1.29 is 18.4 Å². The summed E-state index contributed by atoms with van der Waals surface area (Å²) in [6.45, 7) is 3.41. The molecule has 4 rings (SSSR count). The Morgan fingerprint density at radius 3 is 2.69 bits per heavy atom. The first-order valence-electron chi connectivity index (χ1n) is 10.9. The van der Waals surface area contributed by atoms with Crippen molar-refractivity contribution in [2.45, 2.75) is 32.5 Å². The molecule has 0 bridgehead atoms. The molecule has 10 heteroatoms. The number of hydrogen-bond acceptors (Lipinski definition) is 4. The number of benzene rings is 1. The molecule has 1 fully saturated rings. The third-order valence-electron chi connectivity index (χ3n) is 5.76. The van der Waals surface area contributed by atoms with Crippen molar-refractivity contribution in [3.63, 3.8) is 0 Å². The molecule has 0 saturated carbocycles. The second kappa shape index (κ2) is 10.2. The quantitative estimate of drug-likeness (QED) is 0.551. The summed E-state index contributed by atoms with van der Waals surface area (Å²) in [6, 6.07) is 7.18. The topological polar surface area (TPSA) is 80.1 Å². The number of alkyl halides is 1. The molecule has 35 heavy (non-hydrogen) atoms. The van der Waals surface area contributed by atoms with Crippen LogP contribution in [-0.4, -0.2) is 50.7 Å². The maximum Gasteiger partial charge on any atom is 0.276 e. The van der Waals surface area contributed by atoms with E-state index in [2.05, 4.69) is 27.2 Å². The number of carbonyl (C=O) groups is 2. The maximum absolute atomic E-state index is 14.9. The minimum atomic E-state index is -1.40. The number of piperidine rings is 1. The fraction of sp³-hybridized carbons (Fsp3) is 0.280. The molecule has 0 aliphatic carbocycles. The number of hydrogen-bond donors (Lipinski definition) is 1. The second-order valence-electron chi connectivity index (χ2n) is 8.20. The van der Waals surface area contributed by atoms with E-state index in [9.17, 15) is 18.4 Å². The van der Waals surface area contributed by atoms with Gasteiger partial charge in [-0.1, -0.05) is 35.6 Å². The summed E-state index contributed by atoms with van der Waals surface area (Å²) >= 11 is 6.23. The standard InChI is InChI=1S/C25H22ClF2N5O2/c1-15-11-17(7-8-18-5-3-4-6-20(18)27)12-29-24(15)31-25(35)23-19(26)13-30-33(23)22-9-10-32(16(2)34)14-21(22)28/h3-6,11-13,21-22H,9-10,14H2,1-2H3,(H,29,31,35)/t21-,22-/m1/s1. The van der Waals surface area contributed by atoms with E-state index in [1.54, 1.807) is 31.2 Å². The van der Waals surface area contributed by atoms with Crippen LogP contribution in [0.2, 0.25) is 5.02 Å². The summed E-state index contributed by atoms with van der Waals surface area (Å²) in [5.41, 5.74) is 1.45. The third-order valence-corrected chi connectivity index (χ3v) is 6.03. The number of aryl methyl sites for hydroxylation is 1. The molecular weight excluding hydrogens is 476 g/mol. The Labute approximate surface area is 206 Å². The summed E-state index contributed by atoms with van der Waals surface area (Å²) in [4.78, 5) is 30.3. The fourth-order valence-electron chi connectivity index (χ4n) is 3.90. The average molecular weight is 498 g/mol. The molecule has 0 spiro atoms. The Balaban J connectivity index is 1.52. The highest BCUT2D eigenvalue weighted by Gasteiger charge is 2.35. The molecule has 7 nitrogen and oxygen atoms in total. The van der Waals surface area contributed by atoms with Gasteiger partial charge >= 0.3 is 0 Å². The molecule has 1 saturated heterocycles. The van der Waals surface area contributed by atoms with Gasteiger partial charge in [-0.25, -0.2) is 13.8 Å². The van der Waals surface area contributed by atoms with Crippen LogP contribution in [-0.2, 0) is 4.79 Å². The molecule has 1 N–H and O–H groups in total. The number of carbonyl (C=O) groups excluding carboxylic acids is 2. The lowest BCUT2D eigenvalue weighted by Gasteiger charge is -2.34. The van der Waals surface area contributed by atoms with Gasteiger partial charge in [-0.15, -0.1) is 0 Å². The lowest BCUT2D eigenvalue weighted by molar-refractivity contribution is -0.131. The molecule has 1 aliphatic rings. The zero-order valence-electron chi connectivity index (χ0n) is 19.1. The van der Waals surface area contributed by atoms with E-state index in [-0.39, 0.29) is 34.5 Å². The predicted octanol–water partition coefficient (Wildman–Crippen LogP) is 4.16. The van der Waals surface area contributed by atoms with Crippen LogP contribution in [0.25, 0.3) is 0 Å². The van der Waals surface area contributed by atoms with Gasteiger partial charge in [0.15, 0.2) is 0 Å². The fourth-order valence-corrected chi connectivity index (χ4v) is 4.12. The van der Waals surface area contributed by atoms with Crippen molar-refractivity contribution in [3.8, 4) is 11.8 Å². The second-order valence-corrected chi connectivity index (χ2v) is 8.60. The van der Waals surface area contributed by atoms with Crippen LogP contribution in [0.15, 0.2) is 42.7 Å². The van der Waals surface area contributed by atoms with E-state index in [1.165, 1.54) is 35.0 Å². The van der Waals surface area contributed by atoms with Gasteiger partial charge < -0.3 is 10.2 Å². The highest BCUT2D eigenvalue weighted by atomic mass is 35.5. The zero-order chi connectivity index (χ0) is 25.1. The number of halogens is 3. The summed E-state index contributed by atoms with van der Waals surface area (Å²) in [7, 11) is 0. The number of rotatable bonds is 3. The molecular formula is C25H22ClF2N5O2. The average Bonchev–Trinajstić information content (AvgIpc) is 3.21. The highest BCUT2D eigenvalue weighted by Crippen LogP contribution is 2.29. The molecule has 0 unspecified atom stereocenters. The predicted molar refractivity (Wildman–Crippen MR) is 127 cm³/mol. The van der Waals surface area contributed by atoms with Crippen LogP contribution in [0.4, 0.5) is 14.6 Å². The SMILES string of the molecule is CC(=O)N1CC[C@@H](n2ncc(Cl)c2C(=O)Nc2ncc(C#Cc3ccccc3F)cc2C)[C@H](F)C1. The van der Waals surface area contributed by atoms with Crippen LogP contribution in [0.5, 0.6) is 0 Å². The van der Waals surface area contributed by atoms with Gasteiger partial charge in [0.25, 0.3) is 5.91 Å². The first-order chi connectivity index (χ1) is 16.7. The van der Waals surface area contributed by atoms with Gasteiger partial charge in [-0.3, -0.25) is 14.3 Å². The van der Waals surface area contributed by atoms with Crippen molar-refractivity contribution >= 4 is 29.2 Å². The minimum absolute atomic E-state index is 0.0141. The number of aromatic nitrogens is 3. The van der Waals surface area contributed by atoms with Crippen LogP contribution in [0, 0.1) is 24.6 Å². The summed E-state index contributed by atoms with van der Waals surface area (Å²) in [6.07, 6.45) is 1.65. The molecule has 180 valence electrons. The minimum Gasteiger partial charge on any atom is -0.340 e. The Kier molecular flexibility index (Phi) is 7.12. The third kappa shape index (κ3) is 5.33. The van der Waals surface area contributed by atoms with Crippen LogP contribution in [0.1, 0.15) is 46.6 Å².